The van der Waals surface area contributed by atoms with E-state index >= 15 is 0 Å². The molecule has 1 rings (SSSR count). The summed E-state index contributed by atoms with van der Waals surface area (Å²) in [5.41, 5.74) is 0.656. The van der Waals surface area contributed by atoms with Gasteiger partial charge in [-0.2, -0.15) is 0 Å². The average molecular weight is 462 g/mol. The highest BCUT2D eigenvalue weighted by Crippen LogP contribution is 2.24. The highest BCUT2D eigenvalue weighted by Gasteiger charge is 2.35. The summed E-state index contributed by atoms with van der Waals surface area (Å²) in [4.78, 5) is 40.2. The number of hydrogen-bond donors (Lipinski definition) is 3. The van der Waals surface area contributed by atoms with Crippen LogP contribution in [0.1, 0.15) is 71.6 Å². The molecule has 1 aromatic carbocycles. The van der Waals surface area contributed by atoms with Gasteiger partial charge in [0, 0.05) is 12.6 Å². The third kappa shape index (κ3) is 9.26. The molecule has 0 aliphatic carbocycles. The number of hydrogen-bond acceptors (Lipinski definition) is 5. The molecular formula is C25H39N3O5. The highest BCUT2D eigenvalue weighted by molar-refractivity contribution is 5.92. The highest BCUT2D eigenvalue weighted by atomic mass is 16.6. The van der Waals surface area contributed by atoms with Crippen LogP contribution in [0, 0.1) is 0 Å². The van der Waals surface area contributed by atoms with Crippen molar-refractivity contribution >= 4 is 24.0 Å². The van der Waals surface area contributed by atoms with Gasteiger partial charge in [-0.05, 0) is 58.2 Å². The predicted octanol–water partition coefficient (Wildman–Crippen LogP) is 3.41. The molecule has 3 atom stereocenters. The van der Waals surface area contributed by atoms with Crippen molar-refractivity contribution in [3.05, 3.63) is 42.0 Å². The summed E-state index contributed by atoms with van der Waals surface area (Å²) in [6.07, 6.45) is 2.60. The van der Waals surface area contributed by atoms with Gasteiger partial charge in [0.05, 0.1) is 6.61 Å². The zero-order chi connectivity index (χ0) is 25.2. The first-order valence-corrected chi connectivity index (χ1v) is 11.4. The molecule has 0 aromatic heterocycles. The summed E-state index contributed by atoms with van der Waals surface area (Å²) in [7, 11) is 0. The molecule has 8 nitrogen and oxygen atoms in total. The Bertz CT molecular complexity index is 819. The molecule has 0 spiro atoms. The minimum atomic E-state index is -0.994. The largest absolute Gasteiger partial charge is 0.444 e. The van der Waals surface area contributed by atoms with E-state index in [4.69, 9.17) is 4.74 Å². The van der Waals surface area contributed by atoms with Crippen LogP contribution in [0.15, 0.2) is 30.8 Å². The molecule has 33 heavy (non-hydrogen) atoms. The molecule has 184 valence electrons. The lowest BCUT2D eigenvalue weighted by molar-refractivity contribution is -0.143. The average Bonchev–Trinajstić information content (AvgIpc) is 2.71. The summed E-state index contributed by atoms with van der Waals surface area (Å²) >= 11 is 0. The fraction of sp³-hybridized carbons (Fsp3) is 0.560. The number of ether oxygens (including phenoxy) is 1. The van der Waals surface area contributed by atoms with Gasteiger partial charge >= 0.3 is 6.09 Å². The Morgan fingerprint density at radius 3 is 2.42 bits per heavy atom. The first kappa shape index (κ1) is 28.2. The summed E-state index contributed by atoms with van der Waals surface area (Å²) < 4.78 is 5.24. The SMILES string of the molecule is C=Cc1cccc(C(C(=O)NC(C)CCC)N(CCO)C(=O)C(C)NC(=O)OC(C)(C)C)c1. The van der Waals surface area contributed by atoms with Crippen LogP contribution in [-0.2, 0) is 14.3 Å². The van der Waals surface area contributed by atoms with Crippen molar-refractivity contribution in [1.29, 1.82) is 0 Å². The molecule has 0 fully saturated rings. The van der Waals surface area contributed by atoms with Crippen molar-refractivity contribution in [1.82, 2.24) is 15.5 Å². The zero-order valence-corrected chi connectivity index (χ0v) is 20.7. The second kappa shape index (κ2) is 13.0. The molecule has 0 aliphatic heterocycles. The number of nitrogens with zero attached hydrogens (tertiary/aromatic N) is 1. The molecule has 0 heterocycles. The molecule has 1 aromatic rings. The van der Waals surface area contributed by atoms with Crippen molar-refractivity contribution in [2.75, 3.05) is 13.2 Å². The number of aliphatic hydroxyl groups excluding tert-OH is 1. The van der Waals surface area contributed by atoms with Gasteiger partial charge in [-0.3, -0.25) is 9.59 Å². The maximum atomic E-state index is 13.4. The Balaban J connectivity index is 3.30. The van der Waals surface area contributed by atoms with Crippen molar-refractivity contribution in [2.24, 2.45) is 0 Å². The van der Waals surface area contributed by atoms with Gasteiger partial charge in [0.2, 0.25) is 11.8 Å². The number of carbonyl (C=O) groups is 3. The molecule has 0 aliphatic rings. The van der Waals surface area contributed by atoms with Gasteiger partial charge in [0.15, 0.2) is 0 Å². The van der Waals surface area contributed by atoms with Crippen LogP contribution in [0.3, 0.4) is 0 Å². The molecule has 0 saturated carbocycles. The lowest BCUT2D eigenvalue weighted by atomic mass is 10.00. The minimum Gasteiger partial charge on any atom is -0.444 e. The number of alkyl carbamates (subject to hydrolysis) is 1. The van der Waals surface area contributed by atoms with Crippen LogP contribution in [0.5, 0.6) is 0 Å². The molecule has 3 amide bonds. The summed E-state index contributed by atoms with van der Waals surface area (Å²) in [6, 6.07) is 5.11. The van der Waals surface area contributed by atoms with E-state index in [1.807, 2.05) is 19.9 Å². The van der Waals surface area contributed by atoms with Gasteiger partial charge in [-0.1, -0.05) is 44.2 Å². The number of aliphatic hydroxyl groups is 1. The van der Waals surface area contributed by atoms with E-state index in [1.54, 1.807) is 45.0 Å². The van der Waals surface area contributed by atoms with Crippen LogP contribution >= 0.6 is 0 Å². The second-order valence-corrected chi connectivity index (χ2v) is 9.10. The molecule has 3 unspecified atom stereocenters. The lowest BCUT2D eigenvalue weighted by Crippen LogP contribution is -2.53. The fourth-order valence-electron chi connectivity index (χ4n) is 3.42. The van der Waals surface area contributed by atoms with Crippen molar-refractivity contribution in [3.63, 3.8) is 0 Å². The summed E-state index contributed by atoms with van der Waals surface area (Å²) in [5, 5.41) is 15.2. The zero-order valence-electron chi connectivity index (χ0n) is 20.7. The quantitative estimate of drug-likeness (QED) is 0.468. The van der Waals surface area contributed by atoms with E-state index < -0.39 is 29.7 Å². The monoisotopic (exact) mass is 461 g/mol. The normalized spacial score (nSPS) is 13.9. The Labute approximate surface area is 197 Å². The van der Waals surface area contributed by atoms with Gasteiger partial charge in [0.1, 0.15) is 17.7 Å². The van der Waals surface area contributed by atoms with E-state index in [2.05, 4.69) is 17.2 Å². The van der Waals surface area contributed by atoms with Crippen molar-refractivity contribution < 1.29 is 24.2 Å². The van der Waals surface area contributed by atoms with E-state index in [9.17, 15) is 19.5 Å². The van der Waals surface area contributed by atoms with Gasteiger partial charge < -0.3 is 25.4 Å². The van der Waals surface area contributed by atoms with Crippen molar-refractivity contribution in [2.45, 2.75) is 78.1 Å². The van der Waals surface area contributed by atoms with Crippen LogP contribution in [0.4, 0.5) is 4.79 Å². The van der Waals surface area contributed by atoms with E-state index in [0.717, 1.165) is 18.4 Å². The predicted molar refractivity (Wildman–Crippen MR) is 129 cm³/mol. The lowest BCUT2D eigenvalue weighted by Gasteiger charge is -2.34. The molecule has 0 radical (unpaired) electrons. The second-order valence-electron chi connectivity index (χ2n) is 9.10. The number of carbonyl (C=O) groups excluding carboxylic acids is 3. The Hall–Kier alpha value is -2.87. The number of rotatable bonds is 11. The third-order valence-electron chi connectivity index (χ3n) is 4.86. The van der Waals surface area contributed by atoms with Crippen LogP contribution in [0.2, 0.25) is 0 Å². The van der Waals surface area contributed by atoms with E-state index in [1.165, 1.54) is 11.8 Å². The van der Waals surface area contributed by atoms with Gasteiger partial charge in [0.25, 0.3) is 0 Å². The number of nitrogens with one attached hydrogen (secondary N) is 2. The number of amides is 3. The molecule has 0 saturated heterocycles. The standard InChI is InChI=1S/C25H39N3O5/c1-8-11-17(3)26-22(30)21(20-13-10-12-19(9-2)16-20)28(14-15-29)23(31)18(4)27-24(32)33-25(5,6)7/h9-10,12-13,16-18,21,29H,2,8,11,14-15H2,1,3-7H3,(H,26,30)(H,27,32). The third-order valence-corrected chi connectivity index (χ3v) is 4.86. The first-order valence-electron chi connectivity index (χ1n) is 11.4. The molecule has 8 heteroatoms. The Morgan fingerprint density at radius 2 is 1.88 bits per heavy atom. The van der Waals surface area contributed by atoms with Crippen LogP contribution in [-0.4, -0.2) is 58.8 Å². The minimum absolute atomic E-state index is 0.0856. The van der Waals surface area contributed by atoms with E-state index in [-0.39, 0.29) is 25.1 Å². The van der Waals surface area contributed by atoms with Gasteiger partial charge in [-0.25, -0.2) is 4.79 Å². The Morgan fingerprint density at radius 1 is 1.21 bits per heavy atom. The topological polar surface area (TPSA) is 108 Å². The summed E-state index contributed by atoms with van der Waals surface area (Å²) in [5.74, 6) is -0.870. The molecule has 0 bridgehead atoms. The molecular weight excluding hydrogens is 422 g/mol. The maximum absolute atomic E-state index is 13.4. The first-order chi connectivity index (χ1) is 15.4. The summed E-state index contributed by atoms with van der Waals surface area (Å²) in [6.45, 7) is 14.0. The Kier molecular flexibility index (Phi) is 11.1. The smallest absolute Gasteiger partial charge is 0.408 e. The van der Waals surface area contributed by atoms with E-state index in [0.29, 0.717) is 5.56 Å². The maximum Gasteiger partial charge on any atom is 0.408 e. The fourth-order valence-corrected chi connectivity index (χ4v) is 3.42. The van der Waals surface area contributed by atoms with Gasteiger partial charge in [-0.15, -0.1) is 0 Å². The molecule has 3 N–H and O–H groups in total. The van der Waals surface area contributed by atoms with Crippen LogP contribution < -0.4 is 10.6 Å². The van der Waals surface area contributed by atoms with Crippen LogP contribution in [0.25, 0.3) is 6.08 Å². The number of benzene rings is 1. The van der Waals surface area contributed by atoms with Crippen molar-refractivity contribution in [3.8, 4) is 0 Å².